The fraction of sp³-hybridized carbons (Fsp3) is 0.200. The van der Waals surface area contributed by atoms with Gasteiger partial charge in [0.25, 0.3) is 11.6 Å². The van der Waals surface area contributed by atoms with Crippen LogP contribution in [-0.4, -0.2) is 23.6 Å². The molecule has 1 spiro atoms. The van der Waals surface area contributed by atoms with Gasteiger partial charge in [0.1, 0.15) is 18.1 Å². The van der Waals surface area contributed by atoms with Gasteiger partial charge in [0.15, 0.2) is 0 Å². The van der Waals surface area contributed by atoms with Crippen molar-refractivity contribution < 1.29 is 19.4 Å². The number of fused-ring (bicyclic) bond motifs is 2. The van der Waals surface area contributed by atoms with Gasteiger partial charge in [-0.1, -0.05) is 0 Å². The Bertz CT molecular complexity index is 526. The Hall–Kier alpha value is -2.24. The van der Waals surface area contributed by atoms with Crippen LogP contribution in [0.4, 0.5) is 0 Å². The molecule has 1 atom stereocenters. The summed E-state index contributed by atoms with van der Waals surface area (Å²) in [6.45, 7) is 0.0226. The van der Waals surface area contributed by atoms with Gasteiger partial charge in [0, 0.05) is 6.07 Å². The molecule has 0 bridgehead atoms. The standard InChI is InChI=1S/C10H8N2O4/c11-9-12-8(14)10(16-9)4-15-7-3-5(13)1-2-6(7)10/h1-3,13H,4H2,(H2,11,12,14). The predicted molar refractivity (Wildman–Crippen MR) is 53.0 cm³/mol. The first-order valence-electron chi connectivity index (χ1n) is 4.66. The molecular formula is C10H8N2O4. The first-order valence-corrected chi connectivity index (χ1v) is 4.66. The van der Waals surface area contributed by atoms with Crippen LogP contribution < -0.4 is 10.5 Å². The van der Waals surface area contributed by atoms with Crippen molar-refractivity contribution in [3.63, 3.8) is 0 Å². The number of hydrogen-bond donors (Lipinski definition) is 2. The van der Waals surface area contributed by atoms with Crippen LogP contribution in [0.3, 0.4) is 0 Å². The first-order chi connectivity index (χ1) is 7.62. The van der Waals surface area contributed by atoms with Gasteiger partial charge in [0.05, 0.1) is 5.56 Å². The minimum absolute atomic E-state index is 0.0226. The van der Waals surface area contributed by atoms with Crippen molar-refractivity contribution in [2.75, 3.05) is 6.61 Å². The highest BCUT2D eigenvalue weighted by molar-refractivity contribution is 6.02. The van der Waals surface area contributed by atoms with Crippen molar-refractivity contribution in [1.29, 1.82) is 0 Å². The van der Waals surface area contributed by atoms with E-state index in [4.69, 9.17) is 15.2 Å². The van der Waals surface area contributed by atoms with Gasteiger partial charge >= 0.3 is 5.91 Å². The van der Waals surface area contributed by atoms with Gasteiger partial charge < -0.3 is 20.3 Å². The van der Waals surface area contributed by atoms with Crippen LogP contribution in [0.25, 0.3) is 0 Å². The molecule has 0 radical (unpaired) electrons. The number of amidine groups is 1. The molecule has 1 amide bonds. The summed E-state index contributed by atoms with van der Waals surface area (Å²) in [7, 11) is 0. The molecule has 82 valence electrons. The van der Waals surface area contributed by atoms with E-state index in [2.05, 4.69) is 4.99 Å². The second-order valence-corrected chi connectivity index (χ2v) is 3.65. The van der Waals surface area contributed by atoms with Crippen molar-refractivity contribution in [2.24, 2.45) is 10.7 Å². The van der Waals surface area contributed by atoms with Gasteiger partial charge in [0.2, 0.25) is 0 Å². The molecule has 0 saturated carbocycles. The zero-order valence-electron chi connectivity index (χ0n) is 8.14. The number of rotatable bonds is 0. The van der Waals surface area contributed by atoms with E-state index in [9.17, 15) is 9.90 Å². The van der Waals surface area contributed by atoms with Crippen LogP contribution >= 0.6 is 0 Å². The Balaban J connectivity index is 2.14. The number of ether oxygens (including phenoxy) is 2. The molecule has 2 heterocycles. The second-order valence-electron chi connectivity index (χ2n) is 3.65. The predicted octanol–water partition coefficient (Wildman–Crippen LogP) is -0.149. The fourth-order valence-corrected chi connectivity index (χ4v) is 1.92. The normalized spacial score (nSPS) is 26.2. The van der Waals surface area contributed by atoms with Crippen molar-refractivity contribution in [3.8, 4) is 11.5 Å². The Morgan fingerprint density at radius 1 is 1.50 bits per heavy atom. The largest absolute Gasteiger partial charge is 0.508 e. The van der Waals surface area contributed by atoms with Gasteiger partial charge in [-0.05, 0) is 12.1 Å². The van der Waals surface area contributed by atoms with Crippen LogP contribution in [0.15, 0.2) is 23.2 Å². The number of hydrogen-bond acceptors (Lipinski definition) is 5. The molecule has 2 aliphatic heterocycles. The summed E-state index contributed by atoms with van der Waals surface area (Å²) in [5.41, 5.74) is 4.65. The lowest BCUT2D eigenvalue weighted by Gasteiger charge is -2.18. The maximum atomic E-state index is 11.7. The fourth-order valence-electron chi connectivity index (χ4n) is 1.92. The number of aromatic hydroxyl groups is 1. The summed E-state index contributed by atoms with van der Waals surface area (Å²) in [5, 5.41) is 9.29. The highest BCUT2D eigenvalue weighted by Gasteiger charge is 2.54. The van der Waals surface area contributed by atoms with Crippen molar-refractivity contribution >= 4 is 11.9 Å². The van der Waals surface area contributed by atoms with E-state index < -0.39 is 11.5 Å². The summed E-state index contributed by atoms with van der Waals surface area (Å²) >= 11 is 0. The summed E-state index contributed by atoms with van der Waals surface area (Å²) in [6.07, 6.45) is 0. The molecule has 0 aliphatic carbocycles. The monoisotopic (exact) mass is 220 g/mol. The lowest BCUT2D eigenvalue weighted by atomic mass is 9.95. The maximum absolute atomic E-state index is 11.7. The van der Waals surface area contributed by atoms with Gasteiger partial charge in [-0.15, -0.1) is 0 Å². The molecule has 2 aliphatic rings. The van der Waals surface area contributed by atoms with Crippen LogP contribution in [0.1, 0.15) is 5.56 Å². The molecule has 3 rings (SSSR count). The van der Waals surface area contributed by atoms with Gasteiger partial charge in [-0.3, -0.25) is 4.79 Å². The van der Waals surface area contributed by atoms with Crippen LogP contribution in [-0.2, 0) is 15.1 Å². The van der Waals surface area contributed by atoms with E-state index in [1.807, 2.05) is 0 Å². The number of carbonyl (C=O) groups is 1. The highest BCUT2D eigenvalue weighted by atomic mass is 16.6. The maximum Gasteiger partial charge on any atom is 0.303 e. The number of phenols is 1. The van der Waals surface area contributed by atoms with Gasteiger partial charge in [-0.25, -0.2) is 0 Å². The molecule has 1 aromatic carbocycles. The van der Waals surface area contributed by atoms with Crippen molar-refractivity contribution in [2.45, 2.75) is 5.60 Å². The molecule has 6 nitrogen and oxygen atoms in total. The summed E-state index contributed by atoms with van der Waals surface area (Å²) in [5.74, 6) is 0.00262. The Labute approximate surface area is 90.3 Å². The van der Waals surface area contributed by atoms with Crippen molar-refractivity contribution in [1.82, 2.24) is 0 Å². The highest BCUT2D eigenvalue weighted by Crippen LogP contribution is 2.43. The molecule has 6 heteroatoms. The second kappa shape index (κ2) is 2.66. The smallest absolute Gasteiger partial charge is 0.303 e. The number of nitrogens with zero attached hydrogens (tertiary/aromatic N) is 1. The Morgan fingerprint density at radius 3 is 3.00 bits per heavy atom. The average molecular weight is 220 g/mol. The molecule has 1 aromatic rings. The molecule has 0 saturated heterocycles. The zero-order chi connectivity index (χ0) is 11.3. The molecule has 0 aromatic heterocycles. The summed E-state index contributed by atoms with van der Waals surface area (Å²) in [6, 6.07) is 4.30. The minimum Gasteiger partial charge on any atom is -0.508 e. The van der Waals surface area contributed by atoms with E-state index in [0.717, 1.165) is 0 Å². The van der Waals surface area contributed by atoms with Crippen LogP contribution in [0, 0.1) is 0 Å². The number of amides is 1. The zero-order valence-corrected chi connectivity index (χ0v) is 8.14. The lowest BCUT2D eigenvalue weighted by Crippen LogP contribution is -2.37. The third-order valence-electron chi connectivity index (χ3n) is 2.67. The Kier molecular flexibility index (Phi) is 1.50. The quantitative estimate of drug-likeness (QED) is 0.634. The SMILES string of the molecule is NC1=NC(=O)C2(COc3cc(O)ccc32)O1. The summed E-state index contributed by atoms with van der Waals surface area (Å²) in [4.78, 5) is 15.3. The van der Waals surface area contributed by atoms with E-state index in [0.29, 0.717) is 11.3 Å². The third kappa shape index (κ3) is 0.955. The number of benzene rings is 1. The van der Waals surface area contributed by atoms with E-state index in [-0.39, 0.29) is 18.4 Å². The van der Waals surface area contributed by atoms with E-state index >= 15 is 0 Å². The Morgan fingerprint density at radius 2 is 2.31 bits per heavy atom. The van der Waals surface area contributed by atoms with E-state index in [1.165, 1.54) is 12.1 Å². The van der Waals surface area contributed by atoms with Gasteiger partial charge in [-0.2, -0.15) is 4.99 Å². The topological polar surface area (TPSA) is 94.1 Å². The third-order valence-corrected chi connectivity index (χ3v) is 2.67. The molecule has 16 heavy (non-hydrogen) atoms. The number of nitrogens with two attached hydrogens (primary N) is 1. The minimum atomic E-state index is -1.26. The molecular weight excluding hydrogens is 212 g/mol. The first kappa shape index (κ1) is 9.02. The lowest BCUT2D eigenvalue weighted by molar-refractivity contribution is -0.132. The van der Waals surface area contributed by atoms with Crippen molar-refractivity contribution in [3.05, 3.63) is 23.8 Å². The summed E-state index contributed by atoms with van der Waals surface area (Å²) < 4.78 is 10.6. The number of aliphatic imine (C=N–C) groups is 1. The number of carbonyl (C=O) groups excluding carboxylic acids is 1. The molecule has 0 fully saturated rings. The van der Waals surface area contributed by atoms with Crippen LogP contribution in [0.5, 0.6) is 11.5 Å². The average Bonchev–Trinajstić information content (AvgIpc) is 2.70. The molecule has 3 N–H and O–H groups in total. The van der Waals surface area contributed by atoms with Crippen LogP contribution in [0.2, 0.25) is 0 Å². The number of phenolic OH excluding ortho intramolecular Hbond substituents is 1. The van der Waals surface area contributed by atoms with E-state index in [1.54, 1.807) is 6.07 Å². The molecule has 1 unspecified atom stereocenters.